The zero-order valence-corrected chi connectivity index (χ0v) is 18.3. The predicted molar refractivity (Wildman–Crippen MR) is 124 cm³/mol. The van der Waals surface area contributed by atoms with Gasteiger partial charge in [0.05, 0.1) is 23.9 Å². The number of nitrogens with zero attached hydrogens (tertiary/aromatic N) is 5. The number of rotatable bonds is 5. The van der Waals surface area contributed by atoms with Crippen molar-refractivity contribution >= 4 is 22.9 Å². The minimum absolute atomic E-state index is 0.144. The molecule has 4 rings (SSSR count). The minimum atomic E-state index is 0.144. The molecule has 0 radical (unpaired) electrons. The van der Waals surface area contributed by atoms with Gasteiger partial charge in [-0.1, -0.05) is 36.4 Å². The molecule has 3 aromatic rings. The van der Waals surface area contributed by atoms with Crippen LogP contribution in [0.2, 0.25) is 0 Å². The van der Waals surface area contributed by atoms with Gasteiger partial charge in [-0.2, -0.15) is 0 Å². The van der Waals surface area contributed by atoms with Crippen LogP contribution in [0.25, 0.3) is 11.0 Å². The summed E-state index contributed by atoms with van der Waals surface area (Å²) in [4.78, 5) is 25.0. The van der Waals surface area contributed by atoms with Crippen molar-refractivity contribution in [2.45, 2.75) is 26.9 Å². The molecule has 1 aliphatic heterocycles. The lowest BCUT2D eigenvalue weighted by molar-refractivity contribution is -0.130. The fraction of sp³-hybridized carbons (Fsp3) is 0.375. The molecule has 1 amide bonds. The zero-order valence-electron chi connectivity index (χ0n) is 18.3. The third-order valence-electron chi connectivity index (χ3n) is 5.67. The Morgan fingerprint density at radius 1 is 1.00 bits per heavy atom. The van der Waals surface area contributed by atoms with E-state index in [0.29, 0.717) is 6.54 Å². The second kappa shape index (κ2) is 9.64. The molecule has 7 nitrogen and oxygen atoms in total. The van der Waals surface area contributed by atoms with Gasteiger partial charge in [-0.05, 0) is 30.2 Å². The third kappa shape index (κ3) is 5.05. The summed E-state index contributed by atoms with van der Waals surface area (Å²) in [5.74, 6) is 1.06. The Kier molecular flexibility index (Phi) is 6.50. The van der Waals surface area contributed by atoms with E-state index in [2.05, 4.69) is 57.0 Å². The molecule has 1 aliphatic rings. The van der Waals surface area contributed by atoms with Crippen molar-refractivity contribution in [2.75, 3.05) is 32.7 Å². The second-order valence-electron chi connectivity index (χ2n) is 7.84. The van der Waals surface area contributed by atoms with Gasteiger partial charge in [-0.3, -0.25) is 4.79 Å². The minimum Gasteiger partial charge on any atom is -0.357 e. The Labute approximate surface area is 183 Å². The van der Waals surface area contributed by atoms with E-state index in [9.17, 15) is 4.79 Å². The van der Waals surface area contributed by atoms with Gasteiger partial charge in [0, 0.05) is 46.2 Å². The lowest BCUT2D eigenvalue weighted by Gasteiger charge is -2.36. The molecule has 162 valence electrons. The van der Waals surface area contributed by atoms with Gasteiger partial charge in [0.25, 0.3) is 0 Å². The topological polar surface area (TPSA) is 65.8 Å². The number of amides is 1. The average Bonchev–Trinajstić information content (AvgIpc) is 3.20. The van der Waals surface area contributed by atoms with Gasteiger partial charge in [0.1, 0.15) is 0 Å². The molecule has 1 fully saturated rings. The van der Waals surface area contributed by atoms with Crippen molar-refractivity contribution in [1.29, 1.82) is 0 Å². The number of piperazine rings is 1. The summed E-state index contributed by atoms with van der Waals surface area (Å²) in [6.45, 7) is 9.07. The summed E-state index contributed by atoms with van der Waals surface area (Å²) in [5.41, 5.74) is 4.59. The molecule has 1 aromatic heterocycles. The highest BCUT2D eigenvalue weighted by atomic mass is 16.2. The van der Waals surface area contributed by atoms with Crippen molar-refractivity contribution in [3.63, 3.8) is 0 Å². The summed E-state index contributed by atoms with van der Waals surface area (Å²) >= 11 is 0. The number of nitrogens with one attached hydrogen (secondary N) is 1. The number of imidazole rings is 1. The van der Waals surface area contributed by atoms with Gasteiger partial charge < -0.3 is 19.7 Å². The number of aromatic nitrogens is 2. The van der Waals surface area contributed by atoms with Gasteiger partial charge >= 0.3 is 0 Å². The maximum Gasteiger partial charge on any atom is 0.219 e. The fourth-order valence-electron chi connectivity index (χ4n) is 3.91. The number of aliphatic imine (C=N–C) groups is 1. The second-order valence-corrected chi connectivity index (χ2v) is 7.84. The monoisotopic (exact) mass is 418 g/mol. The largest absolute Gasteiger partial charge is 0.357 e. The lowest BCUT2D eigenvalue weighted by atomic mass is 10.1. The summed E-state index contributed by atoms with van der Waals surface area (Å²) < 4.78 is 2.17. The number of carbonyl (C=O) groups is 1. The summed E-state index contributed by atoms with van der Waals surface area (Å²) in [6.07, 6.45) is 1.90. The molecule has 0 atom stereocenters. The maximum absolute atomic E-state index is 11.6. The number of hydrogen-bond acceptors (Lipinski definition) is 3. The first kappa shape index (κ1) is 20.9. The summed E-state index contributed by atoms with van der Waals surface area (Å²) in [6, 6.07) is 16.8. The fourth-order valence-corrected chi connectivity index (χ4v) is 3.91. The Morgan fingerprint density at radius 3 is 2.39 bits per heavy atom. The highest BCUT2D eigenvalue weighted by Gasteiger charge is 2.20. The van der Waals surface area contributed by atoms with Gasteiger partial charge in [0.2, 0.25) is 5.91 Å². The van der Waals surface area contributed by atoms with E-state index in [0.717, 1.165) is 56.3 Å². The van der Waals surface area contributed by atoms with Crippen molar-refractivity contribution < 1.29 is 4.79 Å². The van der Waals surface area contributed by atoms with E-state index in [1.165, 1.54) is 11.1 Å². The highest BCUT2D eigenvalue weighted by Crippen LogP contribution is 2.15. The molecule has 7 heteroatoms. The first-order valence-electron chi connectivity index (χ1n) is 10.9. The number of carbonyl (C=O) groups excluding carboxylic acids is 1. The van der Waals surface area contributed by atoms with Crippen molar-refractivity contribution in [3.8, 4) is 0 Å². The van der Waals surface area contributed by atoms with E-state index in [4.69, 9.17) is 4.99 Å². The standard InChI is InChI=1S/C24H30N6O/c1-3-25-24(29-14-12-28(13-15-29)19(2)31)26-16-20-8-10-21(11-9-20)17-30-18-27-22-6-4-5-7-23(22)30/h4-11,18H,3,12-17H2,1-2H3,(H,25,26). The lowest BCUT2D eigenvalue weighted by Crippen LogP contribution is -2.53. The van der Waals surface area contributed by atoms with E-state index < -0.39 is 0 Å². The van der Waals surface area contributed by atoms with Crippen LogP contribution in [-0.2, 0) is 17.9 Å². The number of hydrogen-bond donors (Lipinski definition) is 1. The first-order chi connectivity index (χ1) is 15.1. The Bertz CT molecular complexity index is 1050. The molecule has 0 saturated carbocycles. The maximum atomic E-state index is 11.6. The Morgan fingerprint density at radius 2 is 1.68 bits per heavy atom. The molecule has 0 unspecified atom stereocenters. The van der Waals surface area contributed by atoms with Gasteiger partial charge in [-0.25, -0.2) is 9.98 Å². The number of benzene rings is 2. The molecular weight excluding hydrogens is 388 g/mol. The van der Waals surface area contributed by atoms with Crippen molar-refractivity contribution in [3.05, 3.63) is 66.0 Å². The molecule has 1 N–H and O–H groups in total. The average molecular weight is 419 g/mol. The first-order valence-corrected chi connectivity index (χ1v) is 10.9. The summed E-state index contributed by atoms with van der Waals surface area (Å²) in [5, 5.41) is 3.39. The molecule has 2 heterocycles. The highest BCUT2D eigenvalue weighted by molar-refractivity contribution is 5.80. The number of guanidine groups is 1. The number of fused-ring (bicyclic) bond motifs is 1. The van der Waals surface area contributed by atoms with Crippen molar-refractivity contribution in [2.24, 2.45) is 4.99 Å². The predicted octanol–water partition coefficient (Wildman–Crippen LogP) is 2.71. The quantitative estimate of drug-likeness (QED) is 0.511. The Balaban J connectivity index is 1.39. The van der Waals surface area contributed by atoms with Crippen LogP contribution in [-0.4, -0.2) is 63.9 Å². The van der Waals surface area contributed by atoms with E-state index in [1.807, 2.05) is 29.4 Å². The van der Waals surface area contributed by atoms with Crippen LogP contribution in [0.3, 0.4) is 0 Å². The Hall–Kier alpha value is -3.35. The third-order valence-corrected chi connectivity index (χ3v) is 5.67. The molecule has 2 aromatic carbocycles. The van der Waals surface area contributed by atoms with Crippen molar-refractivity contribution in [1.82, 2.24) is 24.7 Å². The molecule has 1 saturated heterocycles. The molecular formula is C24H30N6O. The van der Waals surface area contributed by atoms with Crippen LogP contribution in [0.5, 0.6) is 0 Å². The SMILES string of the molecule is CCNC(=NCc1ccc(Cn2cnc3ccccc32)cc1)N1CCN(C(C)=O)CC1. The molecule has 0 aliphatic carbocycles. The molecule has 0 bridgehead atoms. The van der Waals surface area contributed by atoms with Crippen LogP contribution in [0.4, 0.5) is 0 Å². The van der Waals surface area contributed by atoms with Crippen LogP contribution in [0.1, 0.15) is 25.0 Å². The summed E-state index contributed by atoms with van der Waals surface area (Å²) in [7, 11) is 0. The zero-order chi connectivity index (χ0) is 21.6. The van der Waals surface area contributed by atoms with Gasteiger partial charge in [0.15, 0.2) is 5.96 Å². The molecule has 31 heavy (non-hydrogen) atoms. The normalized spacial score (nSPS) is 14.8. The van der Waals surface area contributed by atoms with E-state index in [1.54, 1.807) is 6.92 Å². The van der Waals surface area contributed by atoms with E-state index in [-0.39, 0.29) is 5.91 Å². The van der Waals surface area contributed by atoms with E-state index >= 15 is 0 Å². The van der Waals surface area contributed by atoms with Crippen LogP contribution in [0.15, 0.2) is 59.9 Å². The number of para-hydroxylation sites is 2. The van der Waals surface area contributed by atoms with Gasteiger partial charge in [-0.15, -0.1) is 0 Å². The van der Waals surface area contributed by atoms with Crippen LogP contribution in [0, 0.1) is 0 Å². The smallest absolute Gasteiger partial charge is 0.219 e. The molecule has 0 spiro atoms. The van der Waals surface area contributed by atoms with Crippen LogP contribution < -0.4 is 5.32 Å². The van der Waals surface area contributed by atoms with Crippen LogP contribution >= 0.6 is 0 Å².